The lowest BCUT2D eigenvalue weighted by Crippen LogP contribution is -2.17. The van der Waals surface area contributed by atoms with Gasteiger partial charge in [-0.3, -0.25) is 0 Å². The molecule has 0 N–H and O–H groups in total. The second kappa shape index (κ2) is 6.05. The average molecular weight is 301 g/mol. The first-order chi connectivity index (χ1) is 7.28. The zero-order valence-corrected chi connectivity index (χ0v) is 12.7. The zero-order chi connectivity index (χ0) is 10.7. The Morgan fingerprint density at radius 3 is 2.60 bits per heavy atom. The van der Waals surface area contributed by atoms with Crippen molar-refractivity contribution >= 4 is 60.5 Å². The highest BCUT2D eigenvalue weighted by Crippen LogP contribution is 2.60. The van der Waals surface area contributed by atoms with E-state index in [9.17, 15) is 0 Å². The predicted molar refractivity (Wildman–Crippen MR) is 80.8 cm³/mol. The van der Waals surface area contributed by atoms with Crippen molar-refractivity contribution in [2.24, 2.45) is 0 Å². The van der Waals surface area contributed by atoms with E-state index in [4.69, 9.17) is 4.74 Å². The van der Waals surface area contributed by atoms with E-state index in [-0.39, 0.29) is 3.60 Å². The average Bonchev–Trinajstić information content (AvgIpc) is 2.77. The van der Waals surface area contributed by atoms with Gasteiger partial charge in [-0.2, -0.15) is 25.3 Å². The Hall–Kier alpha value is 1.71. The van der Waals surface area contributed by atoms with E-state index in [1.165, 1.54) is 12.2 Å². The Morgan fingerprint density at radius 2 is 1.87 bits per heavy atom. The molecule has 2 aliphatic rings. The molecule has 0 radical (unpaired) electrons. The molecule has 15 heavy (non-hydrogen) atoms. The number of rotatable bonds is 4. The molecule has 0 bridgehead atoms. The molecule has 6 heteroatoms. The molecule has 3 unspecified atom stereocenters. The summed E-state index contributed by atoms with van der Waals surface area (Å²) < 4.78 is 6.16. The molecule has 2 aliphatic heterocycles. The molecular formula is C9H16OS5. The van der Waals surface area contributed by atoms with E-state index in [0.29, 0.717) is 6.10 Å². The molecule has 0 aliphatic carbocycles. The lowest BCUT2D eigenvalue weighted by atomic mass is 10.3. The summed E-state index contributed by atoms with van der Waals surface area (Å²) in [6.45, 7) is 0. The molecule has 88 valence electrons. The first kappa shape index (κ1) is 13.1. The molecule has 2 saturated heterocycles. The lowest BCUT2D eigenvalue weighted by molar-refractivity contribution is 0.0909. The summed E-state index contributed by atoms with van der Waals surface area (Å²) in [4.78, 5) is 0. The number of ether oxygens (including phenoxy) is 1. The second-order valence-electron chi connectivity index (χ2n) is 3.63. The highest BCUT2D eigenvalue weighted by Gasteiger charge is 2.48. The molecule has 2 heterocycles. The van der Waals surface area contributed by atoms with Crippen molar-refractivity contribution < 1.29 is 4.74 Å². The third-order valence-electron chi connectivity index (χ3n) is 2.42. The summed E-state index contributed by atoms with van der Waals surface area (Å²) in [5.74, 6) is 4.26. The number of thiol groups is 2. The first-order valence-corrected chi connectivity index (χ1v) is 9.25. The smallest absolute Gasteiger partial charge is 0.209 e. The molecule has 1 spiro atoms. The van der Waals surface area contributed by atoms with E-state index in [1.807, 2.05) is 35.3 Å². The Morgan fingerprint density at radius 1 is 1.13 bits per heavy atom. The van der Waals surface area contributed by atoms with Crippen molar-refractivity contribution in [3.05, 3.63) is 0 Å². The van der Waals surface area contributed by atoms with E-state index < -0.39 is 0 Å². The molecule has 0 saturated carbocycles. The number of hydrogen-bond acceptors (Lipinski definition) is 6. The zero-order valence-electron chi connectivity index (χ0n) is 8.42. The van der Waals surface area contributed by atoms with Crippen LogP contribution in [0.4, 0.5) is 0 Å². The van der Waals surface area contributed by atoms with Crippen molar-refractivity contribution in [2.45, 2.75) is 27.8 Å². The van der Waals surface area contributed by atoms with E-state index in [0.717, 1.165) is 28.9 Å². The van der Waals surface area contributed by atoms with Crippen LogP contribution in [0, 0.1) is 0 Å². The van der Waals surface area contributed by atoms with E-state index in [1.54, 1.807) is 0 Å². The third kappa shape index (κ3) is 3.35. The highest BCUT2D eigenvalue weighted by atomic mass is 32.3. The van der Waals surface area contributed by atoms with Crippen LogP contribution in [0.3, 0.4) is 0 Å². The quantitative estimate of drug-likeness (QED) is 0.771. The van der Waals surface area contributed by atoms with Crippen molar-refractivity contribution in [1.29, 1.82) is 0 Å². The van der Waals surface area contributed by atoms with Crippen LogP contribution in [0.1, 0.15) is 12.8 Å². The van der Waals surface area contributed by atoms with Gasteiger partial charge in [-0.1, -0.05) is 0 Å². The fourth-order valence-corrected chi connectivity index (χ4v) is 7.83. The first-order valence-electron chi connectivity index (χ1n) is 5.13. The summed E-state index contributed by atoms with van der Waals surface area (Å²) in [6.07, 6.45) is 2.70. The van der Waals surface area contributed by atoms with Crippen LogP contribution < -0.4 is 0 Å². The van der Waals surface area contributed by atoms with Crippen molar-refractivity contribution in [2.75, 3.05) is 23.0 Å². The standard InChI is InChI=1S/C9H16OS5/c11-3-1-7-5-13-9(10-7)14-6-8(15-9)2-4-12/h7-8,11-12H,1-6H2. The van der Waals surface area contributed by atoms with Crippen LogP contribution in [-0.4, -0.2) is 38.0 Å². The minimum absolute atomic E-state index is 0.0151. The minimum atomic E-state index is 0.0151. The fraction of sp³-hybridized carbons (Fsp3) is 1.00. The molecule has 0 aromatic rings. The minimum Gasteiger partial charge on any atom is -0.342 e. The van der Waals surface area contributed by atoms with Crippen molar-refractivity contribution in [3.63, 3.8) is 0 Å². The van der Waals surface area contributed by atoms with Crippen LogP contribution in [0.5, 0.6) is 0 Å². The Bertz CT molecular complexity index is 191. The molecule has 0 aromatic carbocycles. The summed E-state index contributed by atoms with van der Waals surface area (Å²) in [6, 6.07) is 0. The molecule has 3 atom stereocenters. The lowest BCUT2D eigenvalue weighted by Gasteiger charge is -2.21. The van der Waals surface area contributed by atoms with Crippen LogP contribution >= 0.6 is 60.5 Å². The van der Waals surface area contributed by atoms with Gasteiger partial charge in [-0.25, -0.2) is 0 Å². The van der Waals surface area contributed by atoms with Gasteiger partial charge in [0.1, 0.15) is 0 Å². The molecular weight excluding hydrogens is 284 g/mol. The highest BCUT2D eigenvalue weighted by molar-refractivity contribution is 8.35. The molecule has 1 nitrogen and oxygen atoms in total. The second-order valence-corrected chi connectivity index (χ2v) is 9.17. The van der Waals surface area contributed by atoms with Crippen LogP contribution in [0.25, 0.3) is 0 Å². The Kier molecular flexibility index (Phi) is 5.30. The van der Waals surface area contributed by atoms with Gasteiger partial charge in [-0.05, 0) is 24.3 Å². The molecule has 0 aromatic heterocycles. The predicted octanol–water partition coefficient (Wildman–Crippen LogP) is 3.22. The fourth-order valence-electron chi connectivity index (χ4n) is 1.64. The van der Waals surface area contributed by atoms with Gasteiger partial charge in [0.15, 0.2) is 0 Å². The largest absolute Gasteiger partial charge is 0.342 e. The van der Waals surface area contributed by atoms with E-state index in [2.05, 4.69) is 25.3 Å². The van der Waals surface area contributed by atoms with Gasteiger partial charge in [0.05, 0.1) is 6.10 Å². The number of hydrogen-bond donors (Lipinski definition) is 2. The maximum atomic E-state index is 6.14. The topological polar surface area (TPSA) is 9.23 Å². The van der Waals surface area contributed by atoms with Gasteiger partial charge in [0.25, 0.3) is 0 Å². The summed E-state index contributed by atoms with van der Waals surface area (Å²) >= 11 is 14.5. The molecule has 2 rings (SSSR count). The Balaban J connectivity index is 1.83. The third-order valence-corrected chi connectivity index (χ3v) is 8.26. The monoisotopic (exact) mass is 300 g/mol. The normalized spacial score (nSPS) is 40.4. The van der Waals surface area contributed by atoms with Gasteiger partial charge in [0, 0.05) is 16.8 Å². The summed E-state index contributed by atoms with van der Waals surface area (Å²) in [5, 5.41) is 0.731. The molecule has 0 amide bonds. The number of thioether (sulfide) groups is 3. The van der Waals surface area contributed by atoms with Crippen molar-refractivity contribution in [1.82, 2.24) is 0 Å². The summed E-state index contributed by atoms with van der Waals surface area (Å²) in [7, 11) is 0. The van der Waals surface area contributed by atoms with Crippen LogP contribution in [0.15, 0.2) is 0 Å². The maximum absolute atomic E-state index is 6.14. The maximum Gasteiger partial charge on any atom is 0.209 e. The van der Waals surface area contributed by atoms with Crippen LogP contribution in [0.2, 0.25) is 0 Å². The van der Waals surface area contributed by atoms with E-state index >= 15 is 0 Å². The molecule has 2 fully saturated rings. The van der Waals surface area contributed by atoms with Crippen LogP contribution in [-0.2, 0) is 4.74 Å². The van der Waals surface area contributed by atoms with Crippen molar-refractivity contribution in [3.8, 4) is 0 Å². The van der Waals surface area contributed by atoms with Gasteiger partial charge in [0.2, 0.25) is 3.60 Å². The van der Waals surface area contributed by atoms with Gasteiger partial charge in [-0.15, -0.1) is 35.3 Å². The summed E-state index contributed by atoms with van der Waals surface area (Å²) in [5.41, 5.74) is 0. The van der Waals surface area contributed by atoms with Gasteiger partial charge < -0.3 is 4.74 Å². The Labute approximate surface area is 115 Å². The van der Waals surface area contributed by atoms with Gasteiger partial charge >= 0.3 is 0 Å². The SMILES string of the molecule is SCCC1CSC2(O1)SCC(CCS)S2.